The molecule has 1 fully saturated rings. The molecule has 0 radical (unpaired) electrons. The maximum atomic E-state index is 13.2. The Balaban J connectivity index is 1.73. The minimum atomic E-state index is -0.242. The molecule has 1 aliphatic heterocycles. The maximum absolute atomic E-state index is 13.2. The Hall–Kier alpha value is -2.61. The fraction of sp³-hybridized carbons (Fsp3) is 0.571. The Labute approximate surface area is 220 Å². The monoisotopic (exact) mass is 512 g/mol. The number of carbonyl (C=O) groups excluding carboxylic acids is 2. The van der Waals surface area contributed by atoms with Gasteiger partial charge in [0.2, 0.25) is 0 Å². The van der Waals surface area contributed by atoms with Crippen LogP contribution in [-0.2, 0) is 20.7 Å². The predicted molar refractivity (Wildman–Crippen MR) is 146 cm³/mol. The molecule has 1 aromatic carbocycles. The van der Waals surface area contributed by atoms with Crippen molar-refractivity contribution in [3.63, 3.8) is 0 Å². The molecule has 36 heavy (non-hydrogen) atoms. The van der Waals surface area contributed by atoms with Crippen LogP contribution in [-0.4, -0.2) is 59.5 Å². The highest BCUT2D eigenvalue weighted by atomic mass is 32.2. The molecule has 196 valence electrons. The summed E-state index contributed by atoms with van der Waals surface area (Å²) in [6, 6.07) is 9.84. The average Bonchev–Trinajstić information content (AvgIpc) is 2.87. The van der Waals surface area contributed by atoms with Gasteiger partial charge in [-0.15, -0.1) is 0 Å². The van der Waals surface area contributed by atoms with Gasteiger partial charge in [-0.3, -0.25) is 9.59 Å². The molecule has 2 aromatic rings. The lowest BCUT2D eigenvalue weighted by Crippen LogP contribution is -2.42. The quantitative estimate of drug-likeness (QED) is 0.255. The number of anilines is 1. The van der Waals surface area contributed by atoms with E-state index in [1.807, 2.05) is 31.2 Å². The Bertz CT molecular complexity index is 1050. The third-order valence-corrected chi connectivity index (χ3v) is 7.34. The second-order valence-electron chi connectivity index (χ2n) is 10.1. The third kappa shape index (κ3) is 7.21. The van der Waals surface area contributed by atoms with Gasteiger partial charge in [0, 0.05) is 49.0 Å². The lowest BCUT2D eigenvalue weighted by molar-refractivity contribution is -0.149. The molecule has 0 aliphatic carbocycles. The van der Waals surface area contributed by atoms with Crippen molar-refractivity contribution in [3.8, 4) is 0 Å². The number of nitrogens with zero attached hydrogens (tertiary/aromatic N) is 4. The SMILES string of the molecule is CCOC(=O)C1CCCN(C(=O)c2cccc(CSc3nc(N(CC)CC)cc(C(C)(C)C)n3)c2)C1. The summed E-state index contributed by atoms with van der Waals surface area (Å²) in [5.41, 5.74) is 2.62. The van der Waals surface area contributed by atoms with Crippen LogP contribution in [0.3, 0.4) is 0 Å². The van der Waals surface area contributed by atoms with E-state index in [1.165, 1.54) is 0 Å². The molecule has 0 N–H and O–H groups in total. The van der Waals surface area contributed by atoms with Crippen molar-refractivity contribution in [2.24, 2.45) is 5.92 Å². The van der Waals surface area contributed by atoms with Gasteiger partial charge in [0.1, 0.15) is 5.82 Å². The molecule has 1 saturated heterocycles. The van der Waals surface area contributed by atoms with Crippen molar-refractivity contribution in [3.05, 3.63) is 47.2 Å². The van der Waals surface area contributed by atoms with Crippen molar-refractivity contribution in [1.29, 1.82) is 0 Å². The summed E-state index contributed by atoms with van der Waals surface area (Å²) in [7, 11) is 0. The van der Waals surface area contributed by atoms with E-state index in [1.54, 1.807) is 16.7 Å². The van der Waals surface area contributed by atoms with E-state index in [9.17, 15) is 9.59 Å². The highest BCUT2D eigenvalue weighted by Gasteiger charge is 2.30. The number of piperidine rings is 1. The molecule has 1 aromatic heterocycles. The highest BCUT2D eigenvalue weighted by Crippen LogP contribution is 2.29. The van der Waals surface area contributed by atoms with Crippen molar-refractivity contribution in [2.75, 3.05) is 37.7 Å². The van der Waals surface area contributed by atoms with Gasteiger partial charge in [-0.25, -0.2) is 9.97 Å². The van der Waals surface area contributed by atoms with Gasteiger partial charge < -0.3 is 14.5 Å². The number of esters is 1. The zero-order valence-electron chi connectivity index (χ0n) is 22.5. The standard InChI is InChI=1S/C28H40N4O3S/c1-7-31(8-2)24-17-23(28(4,5)6)29-27(30-24)36-19-20-12-10-13-21(16-20)25(33)32-15-11-14-22(18-32)26(34)35-9-3/h10,12-13,16-17,22H,7-9,11,14-15,18-19H2,1-6H3. The topological polar surface area (TPSA) is 75.6 Å². The van der Waals surface area contributed by atoms with Gasteiger partial charge in [0.05, 0.1) is 18.2 Å². The molecule has 8 heteroatoms. The highest BCUT2D eigenvalue weighted by molar-refractivity contribution is 7.98. The predicted octanol–water partition coefficient (Wildman–Crippen LogP) is 5.33. The van der Waals surface area contributed by atoms with E-state index in [0.29, 0.717) is 31.0 Å². The smallest absolute Gasteiger partial charge is 0.310 e. The number of thioether (sulfide) groups is 1. The first-order valence-electron chi connectivity index (χ1n) is 13.0. The minimum Gasteiger partial charge on any atom is -0.466 e. The van der Waals surface area contributed by atoms with E-state index >= 15 is 0 Å². The van der Waals surface area contributed by atoms with Gasteiger partial charge in [-0.1, -0.05) is 44.7 Å². The second kappa shape index (κ2) is 12.6. The van der Waals surface area contributed by atoms with Crippen LogP contribution in [0.1, 0.15) is 76.0 Å². The first-order chi connectivity index (χ1) is 17.2. The van der Waals surface area contributed by atoms with E-state index in [2.05, 4.69) is 45.6 Å². The van der Waals surface area contributed by atoms with Crippen LogP contribution in [0, 0.1) is 5.92 Å². The molecule has 0 bridgehead atoms. The number of ether oxygens (including phenoxy) is 1. The largest absolute Gasteiger partial charge is 0.466 e. The summed E-state index contributed by atoms with van der Waals surface area (Å²) in [4.78, 5) is 39.1. The first-order valence-corrected chi connectivity index (χ1v) is 14.0. The van der Waals surface area contributed by atoms with Crippen molar-refractivity contribution >= 4 is 29.5 Å². The van der Waals surface area contributed by atoms with Gasteiger partial charge in [0.15, 0.2) is 5.16 Å². The molecule has 2 heterocycles. The fourth-order valence-corrected chi connectivity index (χ4v) is 5.11. The van der Waals surface area contributed by atoms with E-state index in [-0.39, 0.29) is 23.2 Å². The second-order valence-corrected chi connectivity index (χ2v) is 11.1. The molecule has 0 spiro atoms. The van der Waals surface area contributed by atoms with Crippen LogP contribution in [0.15, 0.2) is 35.5 Å². The Morgan fingerprint density at radius 3 is 2.56 bits per heavy atom. The van der Waals surface area contributed by atoms with E-state index < -0.39 is 0 Å². The van der Waals surface area contributed by atoms with Gasteiger partial charge in [-0.2, -0.15) is 0 Å². The number of likely N-dealkylation sites (tertiary alicyclic amines) is 1. The molecule has 7 nitrogen and oxygen atoms in total. The molecule has 0 saturated carbocycles. The average molecular weight is 513 g/mol. The third-order valence-electron chi connectivity index (χ3n) is 6.42. The van der Waals surface area contributed by atoms with Crippen LogP contribution in [0.5, 0.6) is 0 Å². The first kappa shape index (κ1) is 28.0. The minimum absolute atomic E-state index is 0.0364. The summed E-state index contributed by atoms with van der Waals surface area (Å²) in [5, 5.41) is 0.745. The number of hydrogen-bond acceptors (Lipinski definition) is 7. The van der Waals surface area contributed by atoms with Crippen LogP contribution >= 0.6 is 11.8 Å². The molecular formula is C28H40N4O3S. The van der Waals surface area contributed by atoms with Crippen molar-refractivity contribution < 1.29 is 14.3 Å². The molecule has 1 aliphatic rings. The number of benzene rings is 1. The van der Waals surface area contributed by atoms with Gasteiger partial charge in [0.25, 0.3) is 5.91 Å². The zero-order chi connectivity index (χ0) is 26.3. The molecular weight excluding hydrogens is 472 g/mol. The lowest BCUT2D eigenvalue weighted by Gasteiger charge is -2.31. The summed E-state index contributed by atoms with van der Waals surface area (Å²) in [5.74, 6) is 1.13. The van der Waals surface area contributed by atoms with Crippen LogP contribution in [0.4, 0.5) is 5.82 Å². The van der Waals surface area contributed by atoms with Crippen LogP contribution in [0.25, 0.3) is 0 Å². The number of aromatic nitrogens is 2. The Kier molecular flexibility index (Phi) is 9.77. The van der Waals surface area contributed by atoms with Crippen LogP contribution in [0.2, 0.25) is 0 Å². The van der Waals surface area contributed by atoms with Crippen molar-refractivity contribution in [2.45, 2.75) is 70.7 Å². The molecule has 1 amide bonds. The maximum Gasteiger partial charge on any atom is 0.310 e. The molecule has 1 atom stereocenters. The summed E-state index contributed by atoms with van der Waals surface area (Å²) in [6.07, 6.45) is 1.57. The fourth-order valence-electron chi connectivity index (χ4n) is 4.31. The number of hydrogen-bond donors (Lipinski definition) is 0. The zero-order valence-corrected chi connectivity index (χ0v) is 23.4. The number of rotatable bonds is 9. The molecule has 1 unspecified atom stereocenters. The normalized spacial score (nSPS) is 16.1. The number of amides is 1. The van der Waals surface area contributed by atoms with E-state index in [4.69, 9.17) is 14.7 Å². The Morgan fingerprint density at radius 1 is 1.14 bits per heavy atom. The van der Waals surface area contributed by atoms with Crippen molar-refractivity contribution in [1.82, 2.24) is 14.9 Å². The van der Waals surface area contributed by atoms with E-state index in [0.717, 1.165) is 48.2 Å². The van der Waals surface area contributed by atoms with Gasteiger partial charge in [-0.05, 0) is 51.3 Å². The van der Waals surface area contributed by atoms with Crippen LogP contribution < -0.4 is 4.90 Å². The summed E-state index contributed by atoms with van der Waals surface area (Å²) < 4.78 is 5.18. The van der Waals surface area contributed by atoms with Gasteiger partial charge >= 0.3 is 5.97 Å². The lowest BCUT2D eigenvalue weighted by atomic mass is 9.92. The number of carbonyl (C=O) groups is 2. The summed E-state index contributed by atoms with van der Waals surface area (Å²) >= 11 is 1.59. The summed E-state index contributed by atoms with van der Waals surface area (Å²) in [6.45, 7) is 15.8. The molecule has 3 rings (SSSR count). The Morgan fingerprint density at radius 2 is 1.89 bits per heavy atom.